The van der Waals surface area contributed by atoms with Gasteiger partial charge in [-0.2, -0.15) is 5.10 Å². The minimum atomic E-state index is -0.820. The number of hydrogen-bond donors (Lipinski definition) is 2. The van der Waals surface area contributed by atoms with Crippen LogP contribution in [0.15, 0.2) is 59.7 Å². The molecule has 3 aromatic carbocycles. The second-order valence-corrected chi connectivity index (χ2v) is 8.94. The number of carbonyl (C=O) groups is 2. The van der Waals surface area contributed by atoms with Gasteiger partial charge in [0.25, 0.3) is 11.8 Å². The average Bonchev–Trinajstić information content (AvgIpc) is 2.81. The maximum absolute atomic E-state index is 12.9. The second-order valence-electron chi connectivity index (χ2n) is 8.10. The van der Waals surface area contributed by atoms with E-state index in [1.165, 1.54) is 12.1 Å². The van der Waals surface area contributed by atoms with Crippen LogP contribution in [0.5, 0.6) is 5.75 Å². The van der Waals surface area contributed by atoms with E-state index in [9.17, 15) is 9.59 Å². The predicted molar refractivity (Wildman–Crippen MR) is 138 cm³/mol. The van der Waals surface area contributed by atoms with Crippen molar-refractivity contribution in [3.05, 3.63) is 75.8 Å². The molecule has 2 N–H and O–H groups in total. The summed E-state index contributed by atoms with van der Waals surface area (Å²) < 4.78 is 5.88. The Labute approximate surface area is 209 Å². The summed E-state index contributed by atoms with van der Waals surface area (Å²) in [6.45, 7) is 6.27. The van der Waals surface area contributed by atoms with Crippen molar-refractivity contribution in [3.8, 4) is 5.75 Å². The van der Waals surface area contributed by atoms with Crippen LogP contribution in [0.2, 0.25) is 10.0 Å². The maximum atomic E-state index is 12.9. The van der Waals surface area contributed by atoms with Crippen LogP contribution in [0.3, 0.4) is 0 Å². The largest absolute Gasteiger partial charge is 0.493 e. The summed E-state index contributed by atoms with van der Waals surface area (Å²) in [4.78, 5) is 25.6. The van der Waals surface area contributed by atoms with E-state index in [0.29, 0.717) is 17.4 Å². The lowest BCUT2D eigenvalue weighted by Crippen LogP contribution is -2.48. The monoisotopic (exact) mass is 499 g/mol. The van der Waals surface area contributed by atoms with Gasteiger partial charge in [-0.15, -0.1) is 0 Å². The van der Waals surface area contributed by atoms with E-state index in [1.54, 1.807) is 12.3 Å². The molecule has 0 saturated carbocycles. The van der Waals surface area contributed by atoms with Crippen LogP contribution in [0.4, 0.5) is 0 Å². The first kappa shape index (κ1) is 25.5. The van der Waals surface area contributed by atoms with Crippen molar-refractivity contribution in [1.29, 1.82) is 0 Å². The normalized spacial score (nSPS) is 12.2. The Balaban J connectivity index is 1.78. The van der Waals surface area contributed by atoms with Crippen molar-refractivity contribution in [2.24, 2.45) is 11.0 Å². The van der Waals surface area contributed by atoms with Gasteiger partial charge in [0, 0.05) is 10.6 Å². The molecule has 0 heterocycles. The van der Waals surface area contributed by atoms with Gasteiger partial charge < -0.3 is 10.1 Å². The summed E-state index contributed by atoms with van der Waals surface area (Å²) in [6, 6.07) is 15.5. The zero-order valence-electron chi connectivity index (χ0n) is 19.3. The van der Waals surface area contributed by atoms with E-state index in [1.807, 2.05) is 57.2 Å². The minimum Gasteiger partial charge on any atom is -0.493 e. The number of carbonyl (C=O) groups excluding carboxylic acids is 2. The summed E-state index contributed by atoms with van der Waals surface area (Å²) in [7, 11) is 0. The van der Waals surface area contributed by atoms with Crippen LogP contribution in [0.25, 0.3) is 10.8 Å². The van der Waals surface area contributed by atoms with Gasteiger partial charge in [0.15, 0.2) is 0 Å². The number of nitrogens with one attached hydrogen (secondary N) is 2. The molecule has 0 aliphatic heterocycles. The predicted octanol–water partition coefficient (Wildman–Crippen LogP) is 5.84. The molecule has 0 fully saturated rings. The van der Waals surface area contributed by atoms with Gasteiger partial charge in [0.1, 0.15) is 11.8 Å². The van der Waals surface area contributed by atoms with Crippen LogP contribution in [-0.2, 0) is 4.79 Å². The van der Waals surface area contributed by atoms with Crippen molar-refractivity contribution in [3.63, 3.8) is 0 Å². The van der Waals surface area contributed by atoms with E-state index in [4.69, 9.17) is 27.9 Å². The van der Waals surface area contributed by atoms with Crippen molar-refractivity contribution in [2.45, 2.75) is 33.2 Å². The molecular formula is C26H27Cl2N3O3. The quantitative estimate of drug-likeness (QED) is 0.286. The third kappa shape index (κ3) is 6.27. The van der Waals surface area contributed by atoms with E-state index in [-0.39, 0.29) is 16.5 Å². The van der Waals surface area contributed by atoms with Gasteiger partial charge in [-0.25, -0.2) is 5.43 Å². The Bertz CT molecular complexity index is 1210. The van der Waals surface area contributed by atoms with E-state index in [2.05, 4.69) is 15.8 Å². The number of ether oxygens (including phenoxy) is 1. The molecule has 0 radical (unpaired) electrons. The van der Waals surface area contributed by atoms with Crippen LogP contribution in [0.1, 0.15) is 43.1 Å². The van der Waals surface area contributed by atoms with Crippen LogP contribution < -0.4 is 15.5 Å². The minimum absolute atomic E-state index is 0.189. The number of rotatable bonds is 9. The standard InChI is InChI=1S/C26H27Cl2N3O3/c1-4-13-34-23-12-9-17-7-5-6-8-19(17)21(23)15-29-31-26(33)24(16(2)3)30-25(32)20-11-10-18(27)14-22(20)28/h5-12,14-16,24H,4,13H2,1-3H3,(H,30,32)(H,31,33)/b29-15+. The Hall–Kier alpha value is -3.09. The van der Waals surface area contributed by atoms with Crippen molar-refractivity contribution in [1.82, 2.24) is 10.7 Å². The molecule has 6 nitrogen and oxygen atoms in total. The Morgan fingerprint density at radius 3 is 2.56 bits per heavy atom. The first-order chi connectivity index (χ1) is 16.3. The summed E-state index contributed by atoms with van der Waals surface area (Å²) in [5.41, 5.74) is 3.55. The van der Waals surface area contributed by atoms with Gasteiger partial charge in [-0.3, -0.25) is 9.59 Å². The van der Waals surface area contributed by atoms with Crippen molar-refractivity contribution in [2.75, 3.05) is 6.61 Å². The molecule has 1 atom stereocenters. The summed E-state index contributed by atoms with van der Waals surface area (Å²) >= 11 is 12.0. The van der Waals surface area contributed by atoms with E-state index >= 15 is 0 Å². The highest BCUT2D eigenvalue weighted by atomic mass is 35.5. The molecule has 0 spiro atoms. The highest BCUT2D eigenvalue weighted by molar-refractivity contribution is 6.36. The van der Waals surface area contributed by atoms with Crippen LogP contribution in [-0.4, -0.2) is 30.7 Å². The third-order valence-electron chi connectivity index (χ3n) is 5.17. The Kier molecular flexibility index (Phi) is 8.91. The molecule has 1 unspecified atom stereocenters. The zero-order valence-corrected chi connectivity index (χ0v) is 20.8. The topological polar surface area (TPSA) is 79.8 Å². The van der Waals surface area contributed by atoms with Gasteiger partial charge in [0.05, 0.1) is 23.4 Å². The summed E-state index contributed by atoms with van der Waals surface area (Å²) in [5, 5.41) is 9.53. The lowest BCUT2D eigenvalue weighted by molar-refractivity contribution is -0.123. The average molecular weight is 500 g/mol. The number of fused-ring (bicyclic) bond motifs is 1. The number of hydrogen-bond acceptors (Lipinski definition) is 4. The molecule has 2 amide bonds. The number of amides is 2. The van der Waals surface area contributed by atoms with Crippen LogP contribution >= 0.6 is 23.2 Å². The summed E-state index contributed by atoms with van der Waals surface area (Å²) in [5.74, 6) is -0.416. The Morgan fingerprint density at radius 1 is 1.09 bits per heavy atom. The van der Waals surface area contributed by atoms with E-state index in [0.717, 1.165) is 22.8 Å². The van der Waals surface area contributed by atoms with Gasteiger partial charge >= 0.3 is 0 Å². The molecule has 3 aromatic rings. The molecule has 0 aliphatic rings. The molecule has 8 heteroatoms. The van der Waals surface area contributed by atoms with Crippen molar-refractivity contribution < 1.29 is 14.3 Å². The van der Waals surface area contributed by atoms with Gasteiger partial charge in [-0.05, 0) is 47.4 Å². The van der Waals surface area contributed by atoms with Gasteiger partial charge in [-0.1, -0.05) is 74.3 Å². The highest BCUT2D eigenvalue weighted by Gasteiger charge is 2.25. The zero-order chi connectivity index (χ0) is 24.7. The van der Waals surface area contributed by atoms with Crippen LogP contribution in [0, 0.1) is 5.92 Å². The fourth-order valence-electron chi connectivity index (χ4n) is 3.40. The smallest absolute Gasteiger partial charge is 0.262 e. The first-order valence-corrected chi connectivity index (χ1v) is 11.8. The van der Waals surface area contributed by atoms with Crippen molar-refractivity contribution >= 4 is 52.0 Å². The molecule has 0 aliphatic carbocycles. The molecule has 178 valence electrons. The van der Waals surface area contributed by atoms with E-state index < -0.39 is 17.9 Å². The van der Waals surface area contributed by atoms with Gasteiger partial charge in [0.2, 0.25) is 0 Å². The molecule has 0 saturated heterocycles. The fourth-order valence-corrected chi connectivity index (χ4v) is 3.90. The fraction of sp³-hybridized carbons (Fsp3) is 0.269. The first-order valence-electron chi connectivity index (χ1n) is 11.0. The second kappa shape index (κ2) is 11.9. The number of benzene rings is 3. The molecule has 0 aromatic heterocycles. The lowest BCUT2D eigenvalue weighted by atomic mass is 10.0. The highest BCUT2D eigenvalue weighted by Crippen LogP contribution is 2.27. The molecule has 3 rings (SSSR count). The number of nitrogens with zero attached hydrogens (tertiary/aromatic N) is 1. The third-order valence-corrected chi connectivity index (χ3v) is 5.72. The summed E-state index contributed by atoms with van der Waals surface area (Å²) in [6.07, 6.45) is 2.44. The molecular weight excluding hydrogens is 473 g/mol. The number of halogens is 2. The SMILES string of the molecule is CCCOc1ccc2ccccc2c1/C=N/NC(=O)C(NC(=O)c1ccc(Cl)cc1Cl)C(C)C. The molecule has 34 heavy (non-hydrogen) atoms. The Morgan fingerprint density at radius 2 is 1.85 bits per heavy atom. The molecule has 0 bridgehead atoms. The lowest BCUT2D eigenvalue weighted by Gasteiger charge is -2.21. The maximum Gasteiger partial charge on any atom is 0.262 e. The number of hydrazone groups is 1.